The van der Waals surface area contributed by atoms with Crippen LogP contribution in [0, 0.1) is 0 Å². The van der Waals surface area contributed by atoms with Gasteiger partial charge in [0.15, 0.2) is 0 Å². The first-order chi connectivity index (χ1) is 25.9. The van der Waals surface area contributed by atoms with Crippen LogP contribution in [-0.4, -0.2) is 34.5 Å². The summed E-state index contributed by atoms with van der Waals surface area (Å²) in [6.07, 6.45) is 2.18. The minimum absolute atomic E-state index is 0.188. The first-order valence-electron chi connectivity index (χ1n) is 20.4. The van der Waals surface area contributed by atoms with Gasteiger partial charge in [0, 0.05) is 32.1 Å². The SMILES string of the molecule is CCOC(=O)CCCOc1c2cc(C(C)(C)C)cc1Cc1cc(C(C)(C)C)cc(c1O)Cc1cc(C(C)(C)C)cc(c1O)Cc1cc(C(C)(C)C)cc(c1O)C2. The summed E-state index contributed by atoms with van der Waals surface area (Å²) in [5, 5.41) is 36.5. The number of esters is 1. The van der Waals surface area contributed by atoms with E-state index in [2.05, 4.69) is 132 Å². The Morgan fingerprint density at radius 2 is 0.768 bits per heavy atom. The van der Waals surface area contributed by atoms with Gasteiger partial charge in [0.05, 0.1) is 13.2 Å². The average Bonchev–Trinajstić information content (AvgIpc) is 3.06. The third kappa shape index (κ3) is 9.73. The van der Waals surface area contributed by atoms with Crippen LogP contribution in [0.4, 0.5) is 0 Å². The van der Waals surface area contributed by atoms with Gasteiger partial charge in [-0.25, -0.2) is 0 Å². The highest BCUT2D eigenvalue weighted by atomic mass is 16.5. The number of carbonyl (C=O) groups excluding carboxylic acids is 1. The zero-order chi connectivity index (χ0) is 41.5. The monoisotopic (exact) mass is 762 g/mol. The number of hydrogen-bond acceptors (Lipinski definition) is 6. The van der Waals surface area contributed by atoms with Gasteiger partial charge in [-0.3, -0.25) is 4.79 Å². The fraction of sp³-hybridized carbons (Fsp3) is 0.500. The lowest BCUT2D eigenvalue weighted by atomic mass is 9.79. The molecule has 0 radical (unpaired) electrons. The predicted octanol–water partition coefficient (Wildman–Crippen LogP) is 11.4. The van der Waals surface area contributed by atoms with Gasteiger partial charge in [-0.1, -0.05) is 132 Å². The van der Waals surface area contributed by atoms with Gasteiger partial charge in [-0.05, 0) is 102 Å². The van der Waals surface area contributed by atoms with E-state index in [1.165, 1.54) is 0 Å². The lowest BCUT2D eigenvalue weighted by Crippen LogP contribution is -2.16. The molecule has 56 heavy (non-hydrogen) atoms. The van der Waals surface area contributed by atoms with Crippen molar-refractivity contribution in [2.24, 2.45) is 0 Å². The summed E-state index contributed by atoms with van der Waals surface area (Å²) in [5.41, 5.74) is 9.90. The molecule has 1 aliphatic rings. The van der Waals surface area contributed by atoms with Crippen molar-refractivity contribution in [3.63, 3.8) is 0 Å². The first kappa shape index (κ1) is 42.7. The maximum Gasteiger partial charge on any atom is 0.305 e. The number of phenolic OH excluding ortho intramolecular Hbond substituents is 3. The fourth-order valence-electron chi connectivity index (χ4n) is 7.47. The van der Waals surface area contributed by atoms with Crippen LogP contribution in [0.3, 0.4) is 0 Å². The molecule has 0 aliphatic heterocycles. The van der Waals surface area contributed by atoms with Crippen LogP contribution in [0.15, 0.2) is 48.5 Å². The molecule has 0 heterocycles. The molecule has 4 aromatic carbocycles. The van der Waals surface area contributed by atoms with Gasteiger partial charge in [-0.2, -0.15) is 0 Å². The van der Waals surface area contributed by atoms with Gasteiger partial charge in [0.1, 0.15) is 23.0 Å². The van der Waals surface area contributed by atoms with Crippen molar-refractivity contribution in [1.29, 1.82) is 0 Å². The van der Waals surface area contributed by atoms with Crippen molar-refractivity contribution in [2.75, 3.05) is 13.2 Å². The number of rotatable bonds is 6. The molecule has 5 rings (SSSR count). The molecular formula is C50H66O6. The van der Waals surface area contributed by atoms with Gasteiger partial charge in [0.2, 0.25) is 0 Å². The number of benzene rings is 4. The molecule has 1 aliphatic carbocycles. The second-order valence-corrected chi connectivity index (χ2v) is 20.0. The van der Waals surface area contributed by atoms with Gasteiger partial charge < -0.3 is 24.8 Å². The maximum absolute atomic E-state index is 12.3. The molecule has 3 N–H and O–H groups in total. The van der Waals surface area contributed by atoms with Crippen LogP contribution in [-0.2, 0) is 56.9 Å². The molecule has 0 fully saturated rings. The number of hydrogen-bond donors (Lipinski definition) is 3. The Morgan fingerprint density at radius 3 is 1.04 bits per heavy atom. The zero-order valence-corrected chi connectivity index (χ0v) is 36.3. The number of ether oxygens (including phenoxy) is 2. The van der Waals surface area contributed by atoms with Crippen molar-refractivity contribution >= 4 is 5.97 Å². The highest BCUT2D eigenvalue weighted by Gasteiger charge is 2.28. The van der Waals surface area contributed by atoms with E-state index in [1.807, 2.05) is 0 Å². The van der Waals surface area contributed by atoms with Crippen molar-refractivity contribution in [3.05, 3.63) is 115 Å². The highest BCUT2D eigenvalue weighted by Crippen LogP contribution is 2.43. The highest BCUT2D eigenvalue weighted by molar-refractivity contribution is 5.69. The maximum atomic E-state index is 12.3. The summed E-state index contributed by atoms with van der Waals surface area (Å²) in [6.45, 7) is 28.6. The summed E-state index contributed by atoms with van der Waals surface area (Å²) < 4.78 is 11.9. The number of carbonyl (C=O) groups is 1. The van der Waals surface area contributed by atoms with Crippen molar-refractivity contribution in [2.45, 2.75) is 150 Å². The Balaban J connectivity index is 1.86. The third-order valence-electron chi connectivity index (χ3n) is 11.1. The summed E-state index contributed by atoms with van der Waals surface area (Å²) in [4.78, 5) is 12.3. The third-order valence-corrected chi connectivity index (χ3v) is 11.1. The minimum atomic E-state index is -0.250. The van der Waals surface area contributed by atoms with Crippen molar-refractivity contribution in [3.8, 4) is 23.0 Å². The summed E-state index contributed by atoms with van der Waals surface area (Å²) >= 11 is 0. The second kappa shape index (κ2) is 15.8. The molecule has 6 nitrogen and oxygen atoms in total. The van der Waals surface area contributed by atoms with E-state index >= 15 is 0 Å². The fourth-order valence-corrected chi connectivity index (χ4v) is 7.47. The minimum Gasteiger partial charge on any atom is -0.507 e. The topological polar surface area (TPSA) is 96.2 Å². The molecule has 0 amide bonds. The molecule has 302 valence electrons. The molecular weight excluding hydrogens is 697 g/mol. The van der Waals surface area contributed by atoms with E-state index in [9.17, 15) is 20.1 Å². The van der Waals surface area contributed by atoms with E-state index < -0.39 is 0 Å². The van der Waals surface area contributed by atoms with E-state index in [4.69, 9.17) is 9.47 Å². The summed E-state index contributed by atoms with van der Waals surface area (Å²) in [7, 11) is 0. The van der Waals surface area contributed by atoms with E-state index in [0.29, 0.717) is 51.1 Å². The van der Waals surface area contributed by atoms with Crippen molar-refractivity contribution in [1.82, 2.24) is 0 Å². The molecule has 6 heteroatoms. The predicted molar refractivity (Wildman–Crippen MR) is 228 cm³/mol. The molecule has 0 saturated heterocycles. The Kier molecular flexibility index (Phi) is 12.1. The lowest BCUT2D eigenvalue weighted by molar-refractivity contribution is -0.143. The first-order valence-corrected chi connectivity index (χ1v) is 20.4. The molecule has 0 spiro atoms. The molecule has 0 aromatic heterocycles. The number of phenols is 3. The normalized spacial score (nSPS) is 13.7. The van der Waals surface area contributed by atoms with Crippen LogP contribution in [0.25, 0.3) is 0 Å². The molecule has 0 saturated carbocycles. The Hall–Kier alpha value is -4.45. The number of fused-ring (bicyclic) bond motifs is 8. The number of aromatic hydroxyl groups is 3. The Bertz CT molecular complexity index is 1970. The van der Waals surface area contributed by atoms with E-state index in [0.717, 1.165) is 66.8 Å². The zero-order valence-electron chi connectivity index (χ0n) is 36.3. The lowest BCUT2D eigenvalue weighted by Gasteiger charge is -2.27. The Labute approximate surface area is 336 Å². The average molecular weight is 763 g/mol. The van der Waals surface area contributed by atoms with Crippen LogP contribution in [0.5, 0.6) is 23.0 Å². The van der Waals surface area contributed by atoms with Crippen LogP contribution >= 0.6 is 0 Å². The molecule has 0 unspecified atom stereocenters. The largest absolute Gasteiger partial charge is 0.507 e. The standard InChI is InChI=1S/C50H66O6/c1-14-55-42(51)16-15-17-56-46-36-20-34-26-39(48(5,6)7)24-32(44(34)53)18-30-22-38(47(2,3)4)23-31(43(30)52)19-33-25-40(49(8,9)10)27-35(45(33)54)21-37(46)29-41(28-36)50(11,12)13/h22-29,52-54H,14-21H2,1-13H3. The summed E-state index contributed by atoms with van der Waals surface area (Å²) in [6, 6.07) is 16.9. The van der Waals surface area contributed by atoms with Crippen molar-refractivity contribution < 1.29 is 29.6 Å². The molecule has 8 bridgehead atoms. The summed E-state index contributed by atoms with van der Waals surface area (Å²) in [5.74, 6) is 1.06. The second-order valence-electron chi connectivity index (χ2n) is 20.0. The van der Waals surface area contributed by atoms with Crippen LogP contribution in [0.1, 0.15) is 170 Å². The molecule has 0 atom stereocenters. The van der Waals surface area contributed by atoms with Crippen LogP contribution in [0.2, 0.25) is 0 Å². The van der Waals surface area contributed by atoms with Crippen LogP contribution < -0.4 is 4.74 Å². The Morgan fingerprint density at radius 1 is 0.500 bits per heavy atom. The van der Waals surface area contributed by atoms with E-state index in [1.54, 1.807) is 6.92 Å². The van der Waals surface area contributed by atoms with Gasteiger partial charge >= 0.3 is 5.97 Å². The quantitative estimate of drug-likeness (QED) is 0.118. The smallest absolute Gasteiger partial charge is 0.305 e. The van der Waals surface area contributed by atoms with Gasteiger partial charge in [0.25, 0.3) is 0 Å². The van der Waals surface area contributed by atoms with Gasteiger partial charge in [-0.15, -0.1) is 0 Å². The molecule has 4 aromatic rings. The van der Waals surface area contributed by atoms with E-state index in [-0.39, 0.29) is 51.3 Å².